The molecule has 0 bridgehead atoms. The van der Waals surface area contributed by atoms with E-state index in [1.54, 1.807) is 0 Å². The van der Waals surface area contributed by atoms with E-state index >= 15 is 0 Å². The summed E-state index contributed by atoms with van der Waals surface area (Å²) in [6.07, 6.45) is 2.05. The van der Waals surface area contributed by atoms with Crippen LogP contribution in [-0.4, -0.2) is 19.7 Å². The Morgan fingerprint density at radius 2 is 1.74 bits per heavy atom. The molecule has 1 aliphatic heterocycles. The number of nitrogens with zero attached hydrogens (tertiary/aromatic N) is 1. The third-order valence-electron chi connectivity index (χ3n) is 2.21. The summed E-state index contributed by atoms with van der Waals surface area (Å²) < 4.78 is 30.2. The van der Waals surface area contributed by atoms with Crippen LogP contribution in [0.2, 0.25) is 0 Å². The Hall–Kier alpha value is -1.44. The molecular weight excluding hydrogens is 272 g/mol. The molecule has 106 valence electrons. The molecule has 1 heterocycles. The molecule has 0 fully saturated rings. The van der Waals surface area contributed by atoms with Crippen molar-refractivity contribution in [3.63, 3.8) is 0 Å². The SMILES string of the molecule is CC1=CC(C)=Nc2ccc(C)cc2N1.[O-][Cl+](O)(O)O. The zero-order valence-electron chi connectivity index (χ0n) is 10.9. The van der Waals surface area contributed by atoms with Gasteiger partial charge in [-0.05, 0) is 44.5 Å². The molecule has 0 saturated heterocycles. The number of aliphatic imine (C=N–C) groups is 1. The van der Waals surface area contributed by atoms with Gasteiger partial charge in [-0.15, -0.1) is 0 Å². The van der Waals surface area contributed by atoms with Crippen LogP contribution in [0.1, 0.15) is 19.4 Å². The fraction of sp³-hybridized carbons (Fsp3) is 0.250. The molecule has 2 rings (SSSR count). The van der Waals surface area contributed by atoms with Gasteiger partial charge in [-0.1, -0.05) is 6.07 Å². The number of nitrogens with one attached hydrogen (secondary N) is 1. The van der Waals surface area contributed by atoms with Gasteiger partial charge in [-0.3, -0.25) is 4.99 Å². The summed E-state index contributed by atoms with van der Waals surface area (Å²) in [5.74, 6) is 0. The quantitative estimate of drug-likeness (QED) is 0.558. The van der Waals surface area contributed by atoms with Crippen molar-refractivity contribution in [3.8, 4) is 0 Å². The number of hydrogen-bond donors (Lipinski definition) is 4. The van der Waals surface area contributed by atoms with Crippen LogP contribution in [0, 0.1) is 17.2 Å². The van der Waals surface area contributed by atoms with E-state index in [1.165, 1.54) is 5.56 Å². The average molecular weight is 289 g/mol. The van der Waals surface area contributed by atoms with Crippen molar-refractivity contribution in [3.05, 3.63) is 35.5 Å². The van der Waals surface area contributed by atoms with E-state index < -0.39 is 10.2 Å². The number of benzene rings is 1. The topological polar surface area (TPSA) is 108 Å². The molecule has 1 aromatic rings. The predicted molar refractivity (Wildman–Crippen MR) is 68.0 cm³/mol. The van der Waals surface area contributed by atoms with Gasteiger partial charge < -0.3 is 5.32 Å². The zero-order valence-corrected chi connectivity index (χ0v) is 11.6. The van der Waals surface area contributed by atoms with Crippen LogP contribution in [0.3, 0.4) is 0 Å². The second-order valence-corrected chi connectivity index (χ2v) is 5.03. The van der Waals surface area contributed by atoms with Crippen molar-refractivity contribution in [1.29, 1.82) is 0 Å². The van der Waals surface area contributed by atoms with Crippen molar-refractivity contribution >= 4 is 17.1 Å². The average Bonchev–Trinajstić information content (AvgIpc) is 2.31. The van der Waals surface area contributed by atoms with Crippen LogP contribution in [-0.2, 0) is 0 Å². The molecule has 4 N–H and O–H groups in total. The molecular formula is C12H17ClN2O4. The number of anilines is 1. The van der Waals surface area contributed by atoms with Gasteiger partial charge in [0.15, 0.2) is 0 Å². The summed E-state index contributed by atoms with van der Waals surface area (Å²) in [5, 5.41) is 3.34. The minimum absolute atomic E-state index is 1.02. The third-order valence-corrected chi connectivity index (χ3v) is 2.21. The molecule has 0 aliphatic carbocycles. The molecule has 0 saturated carbocycles. The number of allylic oxidation sites excluding steroid dienone is 2. The molecule has 7 heteroatoms. The van der Waals surface area contributed by atoms with Crippen molar-refractivity contribution in [1.82, 2.24) is 0 Å². The second-order valence-electron chi connectivity index (χ2n) is 4.16. The van der Waals surface area contributed by atoms with Crippen LogP contribution < -0.4 is 9.98 Å². The van der Waals surface area contributed by atoms with Gasteiger partial charge in [0.25, 0.3) is 0 Å². The van der Waals surface area contributed by atoms with Crippen LogP contribution in [0.15, 0.2) is 35.0 Å². The Bertz CT molecular complexity index is 515. The summed E-state index contributed by atoms with van der Waals surface area (Å²) in [7, 11) is -4.19. The van der Waals surface area contributed by atoms with Crippen LogP contribution >= 0.6 is 0 Å². The standard InChI is InChI=1S/C12H14N2.ClH3O4/c1-8-4-5-11-12(6-8)14-10(3)7-9(2)13-11;2-1(3,4)5/h4-7,14H,1-3H3;2-4H. The van der Waals surface area contributed by atoms with Crippen LogP contribution in [0.25, 0.3) is 0 Å². The van der Waals surface area contributed by atoms with Gasteiger partial charge in [0.05, 0.1) is 11.4 Å². The van der Waals surface area contributed by atoms with Gasteiger partial charge in [0.2, 0.25) is 0 Å². The maximum atomic E-state index is 8.83. The fourth-order valence-electron chi connectivity index (χ4n) is 1.63. The number of fused-ring (bicyclic) bond motifs is 1. The number of rotatable bonds is 0. The summed E-state index contributed by atoms with van der Waals surface area (Å²) in [6.45, 7) is 6.15. The van der Waals surface area contributed by atoms with Crippen molar-refractivity contribution in [2.24, 2.45) is 4.99 Å². The predicted octanol–water partition coefficient (Wildman–Crippen LogP) is 0.557. The zero-order chi connectivity index (χ0) is 14.6. The summed E-state index contributed by atoms with van der Waals surface area (Å²) in [5.41, 5.74) is 5.53. The molecule has 1 aromatic carbocycles. The molecule has 0 amide bonds. The van der Waals surface area contributed by atoms with Gasteiger partial charge in [0.1, 0.15) is 0 Å². The number of hydrogen-bond acceptors (Lipinski definition) is 6. The van der Waals surface area contributed by atoms with Gasteiger partial charge in [0, 0.05) is 11.4 Å². The molecule has 0 unspecified atom stereocenters. The summed E-state index contributed by atoms with van der Waals surface area (Å²) in [6, 6.07) is 6.25. The third kappa shape index (κ3) is 6.32. The first kappa shape index (κ1) is 15.6. The van der Waals surface area contributed by atoms with E-state index in [4.69, 9.17) is 18.6 Å². The Morgan fingerprint density at radius 3 is 2.32 bits per heavy atom. The van der Waals surface area contributed by atoms with E-state index in [9.17, 15) is 0 Å². The summed E-state index contributed by atoms with van der Waals surface area (Å²) in [4.78, 5) is 4.51. The molecule has 0 radical (unpaired) electrons. The van der Waals surface area contributed by atoms with Crippen molar-refractivity contribution in [2.45, 2.75) is 20.8 Å². The first-order chi connectivity index (χ1) is 8.65. The molecule has 6 nitrogen and oxygen atoms in total. The van der Waals surface area contributed by atoms with E-state index in [0.717, 1.165) is 22.8 Å². The monoisotopic (exact) mass is 288 g/mol. The normalized spacial score (nSPS) is 14.9. The molecule has 0 spiro atoms. The van der Waals surface area contributed by atoms with Crippen LogP contribution in [0.4, 0.5) is 11.4 Å². The number of halogens is 1. The van der Waals surface area contributed by atoms with Crippen LogP contribution in [0.5, 0.6) is 0 Å². The molecule has 19 heavy (non-hydrogen) atoms. The molecule has 0 atom stereocenters. The van der Waals surface area contributed by atoms with E-state index in [0.29, 0.717) is 0 Å². The summed E-state index contributed by atoms with van der Waals surface area (Å²) >= 11 is 0. The first-order valence-electron chi connectivity index (χ1n) is 5.42. The van der Waals surface area contributed by atoms with Gasteiger partial charge >= 0.3 is 28.9 Å². The fourth-order valence-corrected chi connectivity index (χ4v) is 1.63. The Kier molecular flexibility index (Phi) is 5.04. The van der Waals surface area contributed by atoms with E-state index in [-0.39, 0.29) is 0 Å². The van der Waals surface area contributed by atoms with E-state index in [2.05, 4.69) is 42.4 Å². The molecule has 0 aromatic heterocycles. The number of aryl methyl sites for hydroxylation is 1. The Balaban J connectivity index is 0.000000312. The van der Waals surface area contributed by atoms with Gasteiger partial charge in [-0.25, -0.2) is 0 Å². The maximum absolute atomic E-state index is 8.83. The van der Waals surface area contributed by atoms with Crippen molar-refractivity contribution in [2.75, 3.05) is 5.32 Å². The first-order valence-corrected chi connectivity index (χ1v) is 6.75. The van der Waals surface area contributed by atoms with Gasteiger partial charge in [-0.2, -0.15) is 0 Å². The Morgan fingerprint density at radius 1 is 1.16 bits per heavy atom. The minimum atomic E-state index is -4.19. The Labute approximate surface area is 113 Å². The second kappa shape index (κ2) is 6.14. The molecule has 1 aliphatic rings. The van der Waals surface area contributed by atoms with E-state index in [1.807, 2.05) is 13.0 Å². The van der Waals surface area contributed by atoms with Crippen molar-refractivity contribution < 1.29 is 28.9 Å².